The molecule has 2 heterocycles. The molecule has 1 aromatic heterocycles. The number of carbonyl (C=O) groups is 2. The van der Waals surface area contributed by atoms with Crippen molar-refractivity contribution in [3.05, 3.63) is 16.8 Å². The minimum atomic E-state index is -0.626. The maximum atomic E-state index is 11.3. The van der Waals surface area contributed by atoms with Crippen LogP contribution in [0.1, 0.15) is 18.9 Å². The van der Waals surface area contributed by atoms with Gasteiger partial charge < -0.3 is 0 Å². The number of amides is 2. The van der Waals surface area contributed by atoms with Crippen LogP contribution >= 0.6 is 0 Å². The zero-order chi connectivity index (χ0) is 10.1. The largest absolute Gasteiger partial charge is 0.343 e. The van der Waals surface area contributed by atoms with E-state index in [1.54, 1.807) is 0 Å². The fourth-order valence-electron chi connectivity index (χ4n) is 1.43. The fourth-order valence-corrected chi connectivity index (χ4v) is 1.43. The van der Waals surface area contributed by atoms with Gasteiger partial charge in [-0.3, -0.25) is 19.5 Å². The Hall–Kier alpha value is -1.92. The van der Waals surface area contributed by atoms with Crippen molar-refractivity contribution in [2.45, 2.75) is 18.9 Å². The maximum Gasteiger partial charge on any atom is 0.343 e. The summed E-state index contributed by atoms with van der Waals surface area (Å²) in [6.45, 7) is 0. The van der Waals surface area contributed by atoms with Crippen LogP contribution in [0.5, 0.6) is 0 Å². The lowest BCUT2D eigenvalue weighted by atomic mass is 10.1. The lowest BCUT2D eigenvalue weighted by Crippen LogP contribution is -2.43. The van der Waals surface area contributed by atoms with E-state index < -0.39 is 17.6 Å². The Balaban J connectivity index is 2.28. The number of imide groups is 1. The minimum Gasteiger partial charge on any atom is -0.295 e. The van der Waals surface area contributed by atoms with Gasteiger partial charge in [-0.15, -0.1) is 0 Å². The number of H-pyrrole nitrogens is 1. The van der Waals surface area contributed by atoms with Crippen LogP contribution in [0.15, 0.2) is 11.1 Å². The van der Waals surface area contributed by atoms with Gasteiger partial charge in [0.15, 0.2) is 0 Å². The third kappa shape index (κ3) is 1.32. The molecule has 1 aromatic rings. The number of hydrogen-bond acceptors (Lipinski definition) is 4. The molecular formula is C7H8N4O3. The van der Waals surface area contributed by atoms with Crippen LogP contribution in [-0.4, -0.2) is 26.6 Å². The van der Waals surface area contributed by atoms with Crippen LogP contribution in [0.25, 0.3) is 0 Å². The summed E-state index contributed by atoms with van der Waals surface area (Å²) in [5.74, 6) is -0.757. The Morgan fingerprint density at radius 1 is 1.43 bits per heavy atom. The highest BCUT2D eigenvalue weighted by Crippen LogP contribution is 2.15. The van der Waals surface area contributed by atoms with E-state index in [1.807, 2.05) is 0 Å². The molecule has 0 aromatic carbocycles. The molecule has 2 amide bonds. The highest BCUT2D eigenvalue weighted by molar-refractivity contribution is 5.99. The van der Waals surface area contributed by atoms with E-state index >= 15 is 0 Å². The average molecular weight is 196 g/mol. The van der Waals surface area contributed by atoms with Crippen LogP contribution in [0.2, 0.25) is 0 Å². The standard InChI is InChI=1S/C7H8N4O3/c12-5-2-1-4(6(13)9-5)11-3-8-10-7(11)14/h3-4H,1-2H2,(H,10,14)(H,9,12,13). The maximum absolute atomic E-state index is 11.3. The fraction of sp³-hybridized carbons (Fsp3) is 0.429. The summed E-state index contributed by atoms with van der Waals surface area (Å²) in [7, 11) is 0. The molecule has 7 nitrogen and oxygen atoms in total. The van der Waals surface area contributed by atoms with Crippen LogP contribution in [0.3, 0.4) is 0 Å². The van der Waals surface area contributed by atoms with Gasteiger partial charge in [0.1, 0.15) is 12.4 Å². The first kappa shape index (κ1) is 8.67. The van der Waals surface area contributed by atoms with E-state index in [2.05, 4.69) is 15.5 Å². The normalized spacial score (nSPS) is 22.1. The molecule has 1 unspecified atom stereocenters. The zero-order valence-electron chi connectivity index (χ0n) is 7.19. The number of piperidine rings is 1. The number of nitrogens with zero attached hydrogens (tertiary/aromatic N) is 2. The van der Waals surface area contributed by atoms with Crippen molar-refractivity contribution in [3.8, 4) is 0 Å². The molecular weight excluding hydrogens is 188 g/mol. The number of aromatic amines is 1. The first-order valence-corrected chi connectivity index (χ1v) is 4.13. The molecule has 1 atom stereocenters. The summed E-state index contributed by atoms with van der Waals surface area (Å²) in [6.07, 6.45) is 1.83. The molecule has 74 valence electrons. The van der Waals surface area contributed by atoms with Crippen LogP contribution in [0.4, 0.5) is 0 Å². The predicted molar refractivity (Wildman–Crippen MR) is 44.3 cm³/mol. The number of aromatic nitrogens is 3. The lowest BCUT2D eigenvalue weighted by molar-refractivity contribution is -0.135. The third-order valence-corrected chi connectivity index (χ3v) is 2.12. The topological polar surface area (TPSA) is 96.8 Å². The molecule has 0 saturated carbocycles. The van der Waals surface area contributed by atoms with Crippen LogP contribution in [-0.2, 0) is 9.59 Å². The van der Waals surface area contributed by atoms with Crippen molar-refractivity contribution in [2.75, 3.05) is 0 Å². The second kappa shape index (κ2) is 3.09. The van der Waals surface area contributed by atoms with E-state index in [0.717, 1.165) is 0 Å². The summed E-state index contributed by atoms with van der Waals surface area (Å²) >= 11 is 0. The molecule has 2 N–H and O–H groups in total. The molecule has 7 heteroatoms. The Bertz CT molecular complexity index is 432. The number of carbonyl (C=O) groups excluding carboxylic acids is 2. The van der Waals surface area contributed by atoms with Crippen LogP contribution in [0, 0.1) is 0 Å². The van der Waals surface area contributed by atoms with Crippen molar-refractivity contribution in [3.63, 3.8) is 0 Å². The minimum absolute atomic E-state index is 0.244. The molecule has 0 spiro atoms. The SMILES string of the molecule is O=C1CCC(n2cn[nH]c2=O)C(=O)N1. The van der Waals surface area contributed by atoms with Gasteiger partial charge >= 0.3 is 5.69 Å². The summed E-state index contributed by atoms with van der Waals surface area (Å²) in [5.41, 5.74) is -0.445. The molecule has 0 aliphatic carbocycles. The van der Waals surface area contributed by atoms with Gasteiger partial charge in [0.25, 0.3) is 0 Å². The average Bonchev–Trinajstić information content (AvgIpc) is 2.52. The van der Waals surface area contributed by atoms with E-state index in [9.17, 15) is 14.4 Å². The van der Waals surface area contributed by atoms with Crippen molar-refractivity contribution < 1.29 is 9.59 Å². The van der Waals surface area contributed by atoms with Gasteiger partial charge in [-0.25, -0.2) is 9.89 Å². The number of nitrogens with one attached hydrogen (secondary N) is 2. The van der Waals surface area contributed by atoms with Gasteiger partial charge in [-0.2, -0.15) is 5.10 Å². The quantitative estimate of drug-likeness (QED) is 0.537. The molecule has 1 aliphatic heterocycles. The molecule has 1 aliphatic rings. The van der Waals surface area contributed by atoms with Gasteiger partial charge in [0.2, 0.25) is 11.8 Å². The molecule has 2 rings (SSSR count). The van der Waals surface area contributed by atoms with Gasteiger partial charge in [-0.1, -0.05) is 0 Å². The van der Waals surface area contributed by atoms with E-state index in [-0.39, 0.29) is 12.3 Å². The molecule has 1 fully saturated rings. The van der Waals surface area contributed by atoms with E-state index in [0.29, 0.717) is 6.42 Å². The van der Waals surface area contributed by atoms with E-state index in [1.165, 1.54) is 10.9 Å². The Morgan fingerprint density at radius 2 is 2.21 bits per heavy atom. The Kier molecular flexibility index (Phi) is 1.91. The second-order valence-corrected chi connectivity index (χ2v) is 3.04. The van der Waals surface area contributed by atoms with Crippen molar-refractivity contribution in [1.82, 2.24) is 20.1 Å². The van der Waals surface area contributed by atoms with Crippen molar-refractivity contribution in [1.29, 1.82) is 0 Å². The summed E-state index contributed by atoms with van der Waals surface area (Å²) in [5, 5.41) is 7.87. The third-order valence-electron chi connectivity index (χ3n) is 2.12. The van der Waals surface area contributed by atoms with Gasteiger partial charge in [-0.05, 0) is 6.42 Å². The zero-order valence-corrected chi connectivity index (χ0v) is 7.19. The predicted octanol–water partition coefficient (Wildman–Crippen LogP) is -1.45. The van der Waals surface area contributed by atoms with Gasteiger partial charge in [0.05, 0.1) is 0 Å². The van der Waals surface area contributed by atoms with Crippen LogP contribution < -0.4 is 11.0 Å². The van der Waals surface area contributed by atoms with Gasteiger partial charge in [0, 0.05) is 6.42 Å². The Morgan fingerprint density at radius 3 is 2.79 bits per heavy atom. The summed E-state index contributed by atoms with van der Waals surface area (Å²) in [4.78, 5) is 33.3. The van der Waals surface area contributed by atoms with Crippen molar-refractivity contribution >= 4 is 11.8 Å². The summed E-state index contributed by atoms with van der Waals surface area (Å²) < 4.78 is 1.18. The molecule has 1 saturated heterocycles. The second-order valence-electron chi connectivity index (χ2n) is 3.04. The summed E-state index contributed by atoms with van der Waals surface area (Å²) in [6, 6.07) is -0.626. The molecule has 0 radical (unpaired) electrons. The monoisotopic (exact) mass is 196 g/mol. The smallest absolute Gasteiger partial charge is 0.295 e. The highest BCUT2D eigenvalue weighted by Gasteiger charge is 2.28. The molecule has 0 bridgehead atoms. The van der Waals surface area contributed by atoms with E-state index in [4.69, 9.17) is 0 Å². The van der Waals surface area contributed by atoms with Crippen molar-refractivity contribution in [2.24, 2.45) is 0 Å². The lowest BCUT2D eigenvalue weighted by Gasteiger charge is -2.20. The first-order chi connectivity index (χ1) is 6.68. The number of hydrogen-bond donors (Lipinski definition) is 2. The Labute approximate surface area is 78.1 Å². The first-order valence-electron chi connectivity index (χ1n) is 4.13. The molecule has 14 heavy (non-hydrogen) atoms. The highest BCUT2D eigenvalue weighted by atomic mass is 16.2. The number of rotatable bonds is 1.